The molecule has 4 heteroatoms. The summed E-state index contributed by atoms with van der Waals surface area (Å²) in [5.74, 6) is 0.566. The molecule has 0 fully saturated rings. The summed E-state index contributed by atoms with van der Waals surface area (Å²) < 4.78 is 17.9. The van der Waals surface area contributed by atoms with E-state index in [2.05, 4.69) is 5.32 Å². The number of unbranched alkanes of at least 4 members (excludes halogenated alkanes) is 1. The summed E-state index contributed by atoms with van der Waals surface area (Å²) in [6.07, 6.45) is 4.69. The van der Waals surface area contributed by atoms with E-state index >= 15 is 0 Å². The maximum Gasteiger partial charge on any atom is 0.220 e. The Labute approximate surface area is 117 Å². The molecular formula is C16H18FNO2. The summed E-state index contributed by atoms with van der Waals surface area (Å²) in [4.78, 5) is 11.6. The quantitative estimate of drug-likeness (QED) is 0.786. The molecule has 0 bridgehead atoms. The van der Waals surface area contributed by atoms with E-state index in [-0.39, 0.29) is 11.7 Å². The van der Waals surface area contributed by atoms with Crippen LogP contribution in [0.2, 0.25) is 0 Å². The number of hydrogen-bond donors (Lipinski definition) is 1. The molecule has 1 aromatic heterocycles. The first-order valence-corrected chi connectivity index (χ1v) is 6.77. The maximum absolute atomic E-state index is 12.7. The van der Waals surface area contributed by atoms with Crippen LogP contribution in [0.5, 0.6) is 0 Å². The van der Waals surface area contributed by atoms with Gasteiger partial charge in [-0.25, -0.2) is 4.39 Å². The van der Waals surface area contributed by atoms with Crippen molar-refractivity contribution >= 4 is 5.91 Å². The van der Waals surface area contributed by atoms with Crippen LogP contribution in [0.1, 0.15) is 30.6 Å². The lowest BCUT2D eigenvalue weighted by Gasteiger charge is -2.04. The van der Waals surface area contributed by atoms with Gasteiger partial charge in [0.25, 0.3) is 0 Å². The third-order valence-corrected chi connectivity index (χ3v) is 3.07. The van der Waals surface area contributed by atoms with Gasteiger partial charge < -0.3 is 9.73 Å². The van der Waals surface area contributed by atoms with Crippen LogP contribution in [0, 0.1) is 5.82 Å². The van der Waals surface area contributed by atoms with Crippen molar-refractivity contribution in [2.45, 2.75) is 32.2 Å². The molecule has 0 saturated carbocycles. The monoisotopic (exact) mass is 275 g/mol. The Morgan fingerprint density at radius 3 is 2.65 bits per heavy atom. The number of halogens is 1. The van der Waals surface area contributed by atoms with E-state index in [4.69, 9.17) is 4.42 Å². The van der Waals surface area contributed by atoms with Crippen molar-refractivity contribution in [3.63, 3.8) is 0 Å². The summed E-state index contributed by atoms with van der Waals surface area (Å²) in [6.45, 7) is 0.434. The van der Waals surface area contributed by atoms with Crippen LogP contribution in [0.4, 0.5) is 4.39 Å². The van der Waals surface area contributed by atoms with Crippen molar-refractivity contribution in [2.24, 2.45) is 0 Å². The van der Waals surface area contributed by atoms with Gasteiger partial charge in [0.1, 0.15) is 11.6 Å². The van der Waals surface area contributed by atoms with E-state index in [0.29, 0.717) is 13.0 Å². The van der Waals surface area contributed by atoms with Crippen molar-refractivity contribution in [1.29, 1.82) is 0 Å². The topological polar surface area (TPSA) is 42.2 Å². The zero-order valence-corrected chi connectivity index (χ0v) is 11.3. The predicted octanol–water partition coefficient (Wildman–Crippen LogP) is 3.45. The van der Waals surface area contributed by atoms with Crippen molar-refractivity contribution in [2.75, 3.05) is 0 Å². The number of rotatable bonds is 7. The first-order valence-electron chi connectivity index (χ1n) is 6.77. The minimum Gasteiger partial charge on any atom is -0.467 e. The number of aryl methyl sites for hydroxylation is 1. The smallest absolute Gasteiger partial charge is 0.220 e. The highest BCUT2D eigenvalue weighted by molar-refractivity contribution is 5.75. The van der Waals surface area contributed by atoms with Gasteiger partial charge in [-0.15, -0.1) is 0 Å². The van der Waals surface area contributed by atoms with Crippen LogP contribution < -0.4 is 5.32 Å². The third-order valence-electron chi connectivity index (χ3n) is 3.07. The molecule has 0 unspecified atom stereocenters. The Morgan fingerprint density at radius 2 is 1.95 bits per heavy atom. The molecule has 3 nitrogen and oxygen atoms in total. The molecule has 106 valence electrons. The standard InChI is InChI=1S/C16H18FNO2/c17-14-9-7-13(8-10-14)4-1-2-6-16(19)18-12-15-5-3-11-20-15/h3,5,7-11H,1-2,4,6,12H2,(H,18,19). The Kier molecular flexibility index (Phi) is 5.35. The lowest BCUT2D eigenvalue weighted by atomic mass is 10.1. The zero-order valence-electron chi connectivity index (χ0n) is 11.3. The third kappa shape index (κ3) is 4.88. The predicted molar refractivity (Wildman–Crippen MR) is 74.5 cm³/mol. The average molecular weight is 275 g/mol. The van der Waals surface area contributed by atoms with Crippen molar-refractivity contribution < 1.29 is 13.6 Å². The Balaban J connectivity index is 1.58. The second-order valence-corrected chi connectivity index (χ2v) is 4.69. The minimum atomic E-state index is -0.217. The highest BCUT2D eigenvalue weighted by atomic mass is 19.1. The summed E-state index contributed by atoms with van der Waals surface area (Å²) in [6, 6.07) is 10.1. The van der Waals surface area contributed by atoms with Gasteiger partial charge in [-0.2, -0.15) is 0 Å². The van der Waals surface area contributed by atoms with Gasteiger partial charge in [0.05, 0.1) is 12.8 Å². The van der Waals surface area contributed by atoms with Gasteiger partial charge >= 0.3 is 0 Å². The minimum absolute atomic E-state index is 0.0282. The molecular weight excluding hydrogens is 257 g/mol. The van der Waals surface area contributed by atoms with E-state index in [0.717, 1.165) is 30.6 Å². The van der Waals surface area contributed by atoms with E-state index in [1.165, 1.54) is 12.1 Å². The van der Waals surface area contributed by atoms with Gasteiger partial charge in [-0.05, 0) is 49.1 Å². The molecule has 20 heavy (non-hydrogen) atoms. The van der Waals surface area contributed by atoms with Crippen molar-refractivity contribution in [3.8, 4) is 0 Å². The summed E-state index contributed by atoms with van der Waals surface area (Å²) >= 11 is 0. The second kappa shape index (κ2) is 7.48. The molecule has 0 spiro atoms. The second-order valence-electron chi connectivity index (χ2n) is 4.69. The van der Waals surface area contributed by atoms with Crippen LogP contribution in [-0.4, -0.2) is 5.91 Å². The van der Waals surface area contributed by atoms with E-state index in [1.807, 2.05) is 6.07 Å². The zero-order chi connectivity index (χ0) is 14.2. The lowest BCUT2D eigenvalue weighted by Crippen LogP contribution is -2.22. The summed E-state index contributed by atoms with van der Waals surface area (Å²) in [5, 5.41) is 2.81. The molecule has 0 atom stereocenters. The van der Waals surface area contributed by atoms with Gasteiger partial charge in [-0.3, -0.25) is 4.79 Å². The molecule has 0 saturated heterocycles. The SMILES string of the molecule is O=C(CCCCc1ccc(F)cc1)NCc1ccco1. The van der Waals surface area contributed by atoms with E-state index < -0.39 is 0 Å². The number of benzene rings is 1. The highest BCUT2D eigenvalue weighted by Gasteiger charge is 2.03. The Morgan fingerprint density at radius 1 is 1.15 bits per heavy atom. The van der Waals surface area contributed by atoms with Gasteiger partial charge in [0.2, 0.25) is 5.91 Å². The Bertz CT molecular complexity index is 520. The lowest BCUT2D eigenvalue weighted by molar-refractivity contribution is -0.121. The van der Waals surface area contributed by atoms with Gasteiger partial charge in [0, 0.05) is 6.42 Å². The van der Waals surface area contributed by atoms with Gasteiger partial charge in [-0.1, -0.05) is 12.1 Å². The number of hydrogen-bond acceptors (Lipinski definition) is 2. The molecule has 0 aliphatic heterocycles. The molecule has 0 aliphatic carbocycles. The fourth-order valence-corrected chi connectivity index (χ4v) is 1.95. The average Bonchev–Trinajstić information content (AvgIpc) is 2.96. The molecule has 1 aromatic carbocycles. The first kappa shape index (κ1) is 14.3. The van der Waals surface area contributed by atoms with Crippen LogP contribution in [0.25, 0.3) is 0 Å². The molecule has 2 aromatic rings. The fourth-order valence-electron chi connectivity index (χ4n) is 1.95. The summed E-state index contributed by atoms with van der Waals surface area (Å²) in [7, 11) is 0. The molecule has 1 N–H and O–H groups in total. The van der Waals surface area contributed by atoms with Crippen LogP contribution in [0.15, 0.2) is 47.1 Å². The largest absolute Gasteiger partial charge is 0.467 e. The number of furan rings is 1. The Hall–Kier alpha value is -2.10. The summed E-state index contributed by atoms with van der Waals surface area (Å²) in [5.41, 5.74) is 1.10. The maximum atomic E-state index is 12.7. The normalized spacial score (nSPS) is 10.4. The van der Waals surface area contributed by atoms with Gasteiger partial charge in [0.15, 0.2) is 0 Å². The van der Waals surface area contributed by atoms with Crippen molar-refractivity contribution in [3.05, 3.63) is 59.8 Å². The van der Waals surface area contributed by atoms with Crippen LogP contribution in [0.3, 0.4) is 0 Å². The fraction of sp³-hybridized carbons (Fsp3) is 0.312. The van der Waals surface area contributed by atoms with Crippen LogP contribution >= 0.6 is 0 Å². The number of carbonyl (C=O) groups is 1. The molecule has 0 radical (unpaired) electrons. The number of amides is 1. The van der Waals surface area contributed by atoms with E-state index in [9.17, 15) is 9.18 Å². The molecule has 2 rings (SSSR count). The van der Waals surface area contributed by atoms with Crippen LogP contribution in [-0.2, 0) is 17.8 Å². The molecule has 1 amide bonds. The first-order chi connectivity index (χ1) is 9.74. The molecule has 0 aliphatic rings. The highest BCUT2D eigenvalue weighted by Crippen LogP contribution is 2.08. The number of carbonyl (C=O) groups excluding carboxylic acids is 1. The number of nitrogens with one attached hydrogen (secondary N) is 1. The van der Waals surface area contributed by atoms with Crippen molar-refractivity contribution in [1.82, 2.24) is 5.32 Å². The van der Waals surface area contributed by atoms with E-state index in [1.54, 1.807) is 24.5 Å². The molecule has 1 heterocycles.